The van der Waals surface area contributed by atoms with Crippen LogP contribution in [0.15, 0.2) is 24.3 Å². The summed E-state index contributed by atoms with van der Waals surface area (Å²) in [5.74, 6) is 0.536. The molecule has 2 heteroatoms. The lowest BCUT2D eigenvalue weighted by Gasteiger charge is -2.23. The van der Waals surface area contributed by atoms with Gasteiger partial charge in [-0.1, -0.05) is 24.3 Å². The quantitative estimate of drug-likeness (QED) is 0.764. The molecule has 1 aromatic carbocycles. The fraction of sp³-hybridized carbons (Fsp3) is 0.417. The second-order valence-corrected chi connectivity index (χ2v) is 3.71. The molecule has 1 fully saturated rings. The topological polar surface area (TPSA) is 29.1 Å². The standard InChI is InChI=1S/C12H14NO/c14-9-11-3-1-2-4-12(11)10-5-7-13-8-6-10/h1-4,10,13H,5-8H2. The average Bonchev–Trinajstić information content (AvgIpc) is 2.30. The van der Waals surface area contributed by atoms with Crippen LogP contribution in [-0.2, 0) is 4.79 Å². The maximum atomic E-state index is 10.7. The Morgan fingerprint density at radius 1 is 1.21 bits per heavy atom. The van der Waals surface area contributed by atoms with E-state index in [0.717, 1.165) is 31.5 Å². The molecule has 1 N–H and O–H groups in total. The van der Waals surface area contributed by atoms with E-state index >= 15 is 0 Å². The van der Waals surface area contributed by atoms with Crippen molar-refractivity contribution in [3.8, 4) is 0 Å². The van der Waals surface area contributed by atoms with Gasteiger partial charge in [0.15, 0.2) is 0 Å². The van der Waals surface area contributed by atoms with Crippen molar-refractivity contribution in [1.82, 2.24) is 5.32 Å². The van der Waals surface area contributed by atoms with Crippen LogP contribution >= 0.6 is 0 Å². The van der Waals surface area contributed by atoms with Crippen molar-refractivity contribution in [2.24, 2.45) is 0 Å². The molecule has 1 saturated heterocycles. The van der Waals surface area contributed by atoms with Crippen LogP contribution in [0.4, 0.5) is 0 Å². The first kappa shape index (κ1) is 9.41. The Labute approximate surface area is 84.3 Å². The van der Waals surface area contributed by atoms with Crippen LogP contribution < -0.4 is 5.32 Å². The third-order valence-corrected chi connectivity index (χ3v) is 2.85. The van der Waals surface area contributed by atoms with Crippen molar-refractivity contribution in [2.45, 2.75) is 18.8 Å². The van der Waals surface area contributed by atoms with Crippen molar-refractivity contribution in [2.75, 3.05) is 13.1 Å². The Hall–Kier alpha value is -1.15. The van der Waals surface area contributed by atoms with Crippen LogP contribution in [0.25, 0.3) is 0 Å². The van der Waals surface area contributed by atoms with Crippen molar-refractivity contribution in [1.29, 1.82) is 0 Å². The van der Waals surface area contributed by atoms with Gasteiger partial charge in [-0.25, -0.2) is 0 Å². The van der Waals surface area contributed by atoms with Crippen LogP contribution in [0, 0.1) is 0 Å². The van der Waals surface area contributed by atoms with E-state index in [9.17, 15) is 4.79 Å². The molecule has 0 unspecified atom stereocenters. The van der Waals surface area contributed by atoms with Crippen molar-refractivity contribution >= 4 is 6.29 Å². The zero-order valence-corrected chi connectivity index (χ0v) is 8.12. The maximum absolute atomic E-state index is 10.7. The lowest BCUT2D eigenvalue weighted by molar-refractivity contribution is 0.459. The van der Waals surface area contributed by atoms with Gasteiger partial charge in [0.25, 0.3) is 0 Å². The third kappa shape index (κ3) is 1.85. The summed E-state index contributed by atoms with van der Waals surface area (Å²) >= 11 is 0. The fourth-order valence-corrected chi connectivity index (χ4v) is 2.08. The molecule has 0 aliphatic carbocycles. The number of rotatable bonds is 2. The number of nitrogens with one attached hydrogen (secondary N) is 1. The summed E-state index contributed by atoms with van der Waals surface area (Å²) in [7, 11) is 0. The normalized spacial score (nSPS) is 18.0. The Morgan fingerprint density at radius 2 is 1.93 bits per heavy atom. The van der Waals surface area contributed by atoms with Crippen LogP contribution in [-0.4, -0.2) is 19.4 Å². The van der Waals surface area contributed by atoms with Gasteiger partial charge < -0.3 is 5.32 Å². The molecular weight excluding hydrogens is 174 g/mol. The van der Waals surface area contributed by atoms with E-state index in [2.05, 4.69) is 11.4 Å². The monoisotopic (exact) mass is 188 g/mol. The average molecular weight is 188 g/mol. The van der Waals surface area contributed by atoms with Crippen molar-refractivity contribution < 1.29 is 4.79 Å². The first-order valence-corrected chi connectivity index (χ1v) is 5.09. The number of benzene rings is 1. The highest BCUT2D eigenvalue weighted by atomic mass is 16.1. The molecule has 0 amide bonds. The second kappa shape index (κ2) is 4.38. The molecule has 1 aromatic rings. The van der Waals surface area contributed by atoms with E-state index in [1.165, 1.54) is 5.56 Å². The van der Waals surface area contributed by atoms with E-state index in [1.54, 1.807) is 0 Å². The van der Waals surface area contributed by atoms with Crippen LogP contribution in [0.2, 0.25) is 0 Å². The minimum atomic E-state index is 0.536. The summed E-state index contributed by atoms with van der Waals surface area (Å²) in [6.45, 7) is 2.11. The maximum Gasteiger partial charge on any atom is 0.233 e. The summed E-state index contributed by atoms with van der Waals surface area (Å²) < 4.78 is 0. The Kier molecular flexibility index (Phi) is 2.94. The largest absolute Gasteiger partial charge is 0.317 e. The van der Waals surface area contributed by atoms with Gasteiger partial charge in [0, 0.05) is 5.56 Å². The molecular formula is C12H14NO. The number of piperidine rings is 1. The SMILES string of the molecule is O=[C]c1ccccc1C1CCNCC1. The molecule has 1 radical (unpaired) electrons. The number of hydrogen-bond donors (Lipinski definition) is 1. The molecule has 2 nitrogen and oxygen atoms in total. The molecule has 0 saturated carbocycles. The van der Waals surface area contributed by atoms with Gasteiger partial charge in [-0.05, 0) is 37.4 Å². The zero-order valence-electron chi connectivity index (χ0n) is 8.12. The van der Waals surface area contributed by atoms with Gasteiger partial charge in [0.05, 0.1) is 0 Å². The molecule has 0 bridgehead atoms. The van der Waals surface area contributed by atoms with E-state index in [0.29, 0.717) is 5.92 Å². The van der Waals surface area contributed by atoms with Crippen LogP contribution in [0.3, 0.4) is 0 Å². The molecule has 0 atom stereocenters. The van der Waals surface area contributed by atoms with Gasteiger partial charge >= 0.3 is 0 Å². The van der Waals surface area contributed by atoms with E-state index in [1.807, 2.05) is 24.5 Å². The third-order valence-electron chi connectivity index (χ3n) is 2.85. The van der Waals surface area contributed by atoms with Gasteiger partial charge in [0.2, 0.25) is 6.29 Å². The minimum Gasteiger partial charge on any atom is -0.317 e. The molecule has 1 heterocycles. The van der Waals surface area contributed by atoms with Crippen molar-refractivity contribution in [3.05, 3.63) is 35.4 Å². The van der Waals surface area contributed by atoms with Gasteiger partial charge in [-0.15, -0.1) is 0 Å². The molecule has 73 valence electrons. The number of carbonyl (C=O) groups excluding carboxylic acids is 1. The van der Waals surface area contributed by atoms with E-state index in [4.69, 9.17) is 0 Å². The van der Waals surface area contributed by atoms with Gasteiger partial charge in [-0.2, -0.15) is 0 Å². The summed E-state index contributed by atoms with van der Waals surface area (Å²) in [5.41, 5.74) is 1.91. The highest BCUT2D eigenvalue weighted by Gasteiger charge is 2.17. The predicted molar refractivity (Wildman–Crippen MR) is 56.1 cm³/mol. The van der Waals surface area contributed by atoms with Gasteiger partial charge in [-0.3, -0.25) is 4.79 Å². The molecule has 1 aliphatic heterocycles. The van der Waals surface area contributed by atoms with Gasteiger partial charge in [0.1, 0.15) is 0 Å². The van der Waals surface area contributed by atoms with Crippen LogP contribution in [0.1, 0.15) is 29.9 Å². The highest BCUT2D eigenvalue weighted by molar-refractivity contribution is 5.78. The zero-order chi connectivity index (χ0) is 9.80. The number of hydrogen-bond acceptors (Lipinski definition) is 2. The minimum absolute atomic E-state index is 0.536. The summed E-state index contributed by atoms with van der Waals surface area (Å²) in [5, 5.41) is 3.32. The summed E-state index contributed by atoms with van der Waals surface area (Å²) in [4.78, 5) is 10.7. The molecule has 0 spiro atoms. The first-order chi connectivity index (χ1) is 6.92. The fourth-order valence-electron chi connectivity index (χ4n) is 2.08. The van der Waals surface area contributed by atoms with Crippen LogP contribution in [0.5, 0.6) is 0 Å². The van der Waals surface area contributed by atoms with E-state index in [-0.39, 0.29) is 0 Å². The van der Waals surface area contributed by atoms with Crippen molar-refractivity contribution in [3.63, 3.8) is 0 Å². The second-order valence-electron chi connectivity index (χ2n) is 3.71. The molecule has 14 heavy (non-hydrogen) atoms. The Bertz CT molecular complexity index is 316. The highest BCUT2D eigenvalue weighted by Crippen LogP contribution is 2.26. The molecule has 1 aliphatic rings. The molecule has 0 aromatic heterocycles. The smallest absolute Gasteiger partial charge is 0.233 e. The lowest BCUT2D eigenvalue weighted by atomic mass is 9.87. The molecule has 2 rings (SSSR count). The first-order valence-electron chi connectivity index (χ1n) is 5.09. The predicted octanol–water partition coefficient (Wildman–Crippen LogP) is 1.61. The summed E-state index contributed by atoms with van der Waals surface area (Å²) in [6.07, 6.45) is 4.27. The Balaban J connectivity index is 2.24. The summed E-state index contributed by atoms with van der Waals surface area (Å²) in [6, 6.07) is 7.80. The Morgan fingerprint density at radius 3 is 2.64 bits per heavy atom. The lowest BCUT2D eigenvalue weighted by Crippen LogP contribution is -2.27. The van der Waals surface area contributed by atoms with E-state index < -0.39 is 0 Å².